The van der Waals surface area contributed by atoms with Crippen LogP contribution in [0.5, 0.6) is 5.75 Å². The van der Waals surface area contributed by atoms with E-state index in [0.29, 0.717) is 25.4 Å². The molecule has 0 aromatic heterocycles. The fraction of sp³-hybridized carbons (Fsp3) is 0.370. The van der Waals surface area contributed by atoms with E-state index in [1.54, 1.807) is 6.92 Å². The van der Waals surface area contributed by atoms with Crippen molar-refractivity contribution >= 4 is 17.9 Å². The van der Waals surface area contributed by atoms with E-state index in [1.165, 1.54) is 5.56 Å². The topological polar surface area (TPSA) is 134 Å². The number of piperidine rings is 1. The normalized spacial score (nSPS) is 15.1. The third-order valence-electron chi connectivity index (χ3n) is 5.72. The molecule has 2 aromatic rings. The van der Waals surface area contributed by atoms with E-state index in [4.69, 9.17) is 24.8 Å². The van der Waals surface area contributed by atoms with Crippen LogP contribution in [-0.4, -0.2) is 70.0 Å². The van der Waals surface area contributed by atoms with Crippen LogP contribution >= 0.6 is 0 Å². The Morgan fingerprint density at radius 2 is 1.56 bits per heavy atom. The highest BCUT2D eigenvalue weighted by molar-refractivity contribution is 5.89. The van der Waals surface area contributed by atoms with Gasteiger partial charge in [0.2, 0.25) is 0 Å². The number of likely N-dealkylation sites (tertiary alicyclic amines) is 1. The van der Waals surface area contributed by atoms with Gasteiger partial charge in [0.05, 0.1) is 19.3 Å². The summed E-state index contributed by atoms with van der Waals surface area (Å²) < 4.78 is 11.7. The van der Waals surface area contributed by atoms with E-state index in [0.717, 1.165) is 42.8 Å². The number of nitrogens with zero attached hydrogens (tertiary/aromatic N) is 1. The van der Waals surface area contributed by atoms with Gasteiger partial charge in [-0.15, -0.1) is 0 Å². The minimum Gasteiger partial charge on any atom is -0.494 e. The zero-order chi connectivity index (χ0) is 26.5. The van der Waals surface area contributed by atoms with E-state index in [2.05, 4.69) is 24.3 Å². The van der Waals surface area contributed by atoms with Crippen LogP contribution in [0.3, 0.4) is 0 Å². The summed E-state index contributed by atoms with van der Waals surface area (Å²) in [6.07, 6.45) is 3.02. The number of carboxylic acids is 3. The molecule has 9 nitrogen and oxygen atoms in total. The van der Waals surface area contributed by atoms with E-state index in [1.807, 2.05) is 36.1 Å². The van der Waals surface area contributed by atoms with Gasteiger partial charge in [-0.2, -0.15) is 0 Å². The summed E-state index contributed by atoms with van der Waals surface area (Å²) in [6, 6.07) is 16.0. The number of benzene rings is 2. The number of aliphatic carboxylic acids is 3. The lowest BCUT2D eigenvalue weighted by molar-refractivity contribution is -0.143. The summed E-state index contributed by atoms with van der Waals surface area (Å²) in [6.45, 7) is 6.47. The molecule has 1 aliphatic rings. The molecule has 36 heavy (non-hydrogen) atoms. The van der Waals surface area contributed by atoms with Crippen molar-refractivity contribution in [2.24, 2.45) is 0 Å². The number of ether oxygens (including phenoxy) is 2. The molecule has 0 spiro atoms. The number of carboxylic acid groups (broad SMARTS) is 3. The monoisotopic (exact) mass is 499 g/mol. The van der Waals surface area contributed by atoms with Gasteiger partial charge in [0.1, 0.15) is 11.8 Å². The predicted octanol–water partition coefficient (Wildman–Crippen LogP) is 3.92. The summed E-state index contributed by atoms with van der Waals surface area (Å²) in [7, 11) is 0. The lowest BCUT2D eigenvalue weighted by Gasteiger charge is -2.34. The zero-order valence-electron chi connectivity index (χ0n) is 20.5. The molecule has 0 aliphatic carbocycles. The van der Waals surface area contributed by atoms with Gasteiger partial charge < -0.3 is 24.8 Å². The average molecular weight is 500 g/mol. The molecule has 0 amide bonds. The van der Waals surface area contributed by atoms with Crippen LogP contribution in [0.4, 0.5) is 0 Å². The molecule has 0 saturated carbocycles. The van der Waals surface area contributed by atoms with Crippen molar-refractivity contribution < 1.29 is 39.2 Å². The Kier molecular flexibility index (Phi) is 11.6. The molecule has 1 atom stereocenters. The number of rotatable bonds is 10. The lowest BCUT2D eigenvalue weighted by Crippen LogP contribution is -2.45. The van der Waals surface area contributed by atoms with Crippen LogP contribution in [0.2, 0.25) is 0 Å². The molecular formula is C27H33NO8. The van der Waals surface area contributed by atoms with E-state index >= 15 is 0 Å². The van der Waals surface area contributed by atoms with Gasteiger partial charge in [-0.25, -0.2) is 9.59 Å². The summed E-state index contributed by atoms with van der Waals surface area (Å²) in [5.74, 6) is -2.40. The number of carbonyl (C=O) groups is 3. The third kappa shape index (κ3) is 9.52. The number of hydrogen-bond donors (Lipinski definition) is 3. The molecule has 3 rings (SSSR count). The summed E-state index contributed by atoms with van der Waals surface area (Å²) in [5, 5.41) is 24.8. The van der Waals surface area contributed by atoms with E-state index < -0.39 is 23.9 Å². The van der Waals surface area contributed by atoms with Crippen LogP contribution < -0.4 is 4.74 Å². The quantitative estimate of drug-likeness (QED) is 0.416. The van der Waals surface area contributed by atoms with Gasteiger partial charge >= 0.3 is 17.9 Å². The second-order valence-corrected chi connectivity index (χ2v) is 8.18. The Morgan fingerprint density at radius 1 is 0.972 bits per heavy atom. The molecule has 1 heterocycles. The maximum Gasteiger partial charge on any atom is 0.328 e. The highest BCUT2D eigenvalue weighted by atomic mass is 16.5. The Bertz CT molecular complexity index is 1010. The van der Waals surface area contributed by atoms with Gasteiger partial charge in [0.25, 0.3) is 0 Å². The third-order valence-corrected chi connectivity index (χ3v) is 5.72. The Balaban J connectivity index is 0.000000493. The first-order chi connectivity index (χ1) is 17.2. The molecule has 1 fully saturated rings. The van der Waals surface area contributed by atoms with Crippen molar-refractivity contribution in [1.82, 2.24) is 4.90 Å². The van der Waals surface area contributed by atoms with Crippen LogP contribution in [0.25, 0.3) is 11.1 Å². The fourth-order valence-electron chi connectivity index (χ4n) is 3.76. The van der Waals surface area contributed by atoms with Crippen molar-refractivity contribution in [1.29, 1.82) is 0 Å². The van der Waals surface area contributed by atoms with Crippen molar-refractivity contribution in [3.8, 4) is 16.9 Å². The van der Waals surface area contributed by atoms with E-state index in [9.17, 15) is 14.4 Å². The summed E-state index contributed by atoms with van der Waals surface area (Å²) in [4.78, 5) is 32.3. The van der Waals surface area contributed by atoms with Gasteiger partial charge in [-0.05, 0) is 55.5 Å². The molecule has 0 bridgehead atoms. The largest absolute Gasteiger partial charge is 0.494 e. The number of hydrogen-bond acceptors (Lipinski definition) is 6. The first-order valence-electron chi connectivity index (χ1n) is 11.7. The Hall–Kier alpha value is -3.69. The van der Waals surface area contributed by atoms with Gasteiger partial charge in [0.15, 0.2) is 0 Å². The highest BCUT2D eigenvalue weighted by Gasteiger charge is 2.26. The smallest absolute Gasteiger partial charge is 0.328 e. The molecular weight excluding hydrogens is 466 g/mol. The molecule has 194 valence electrons. The Labute approximate surface area is 210 Å². The van der Waals surface area contributed by atoms with Crippen molar-refractivity contribution in [2.75, 3.05) is 19.7 Å². The molecule has 9 heteroatoms. The molecule has 0 radical (unpaired) electrons. The predicted molar refractivity (Wildman–Crippen MR) is 134 cm³/mol. The van der Waals surface area contributed by atoms with Crippen molar-refractivity contribution in [3.05, 3.63) is 66.2 Å². The standard InChI is InChI=1S/C23H29NO4.C4H4O4/c1-3-27-20-10-8-18(9-11-20)22-7-5-4-6-19(22)16-28-21-12-14-24(15-13-21)17(2)23(25)26;5-3(6)1-2-4(7)8/h4-11,17,21H,3,12-16H2,1-2H3,(H,25,26);1-2H,(H,5,6)(H,7,8). The minimum atomic E-state index is -1.26. The first kappa shape index (κ1) is 28.5. The van der Waals surface area contributed by atoms with Gasteiger partial charge in [0, 0.05) is 25.2 Å². The van der Waals surface area contributed by atoms with Crippen molar-refractivity contribution in [2.45, 2.75) is 45.4 Å². The average Bonchev–Trinajstić information content (AvgIpc) is 2.87. The maximum atomic E-state index is 11.1. The van der Waals surface area contributed by atoms with E-state index in [-0.39, 0.29) is 6.10 Å². The highest BCUT2D eigenvalue weighted by Crippen LogP contribution is 2.27. The maximum absolute atomic E-state index is 11.1. The summed E-state index contributed by atoms with van der Waals surface area (Å²) in [5.41, 5.74) is 3.48. The van der Waals surface area contributed by atoms with Gasteiger partial charge in [-0.3, -0.25) is 9.69 Å². The van der Waals surface area contributed by atoms with Crippen LogP contribution in [0.15, 0.2) is 60.7 Å². The SMILES string of the molecule is CCOc1ccc(-c2ccccc2COC2CCN(C(C)C(=O)O)CC2)cc1.O=C(O)C=CC(=O)O. The van der Waals surface area contributed by atoms with Gasteiger partial charge in [-0.1, -0.05) is 36.4 Å². The van der Waals surface area contributed by atoms with Crippen molar-refractivity contribution in [3.63, 3.8) is 0 Å². The molecule has 1 unspecified atom stereocenters. The lowest BCUT2D eigenvalue weighted by atomic mass is 10.00. The molecule has 3 N–H and O–H groups in total. The molecule has 2 aromatic carbocycles. The Morgan fingerprint density at radius 3 is 2.08 bits per heavy atom. The first-order valence-corrected chi connectivity index (χ1v) is 11.7. The second kappa shape index (κ2) is 14.7. The van der Waals surface area contributed by atoms with Crippen LogP contribution in [0, 0.1) is 0 Å². The van der Waals surface area contributed by atoms with Crippen LogP contribution in [-0.2, 0) is 25.7 Å². The second-order valence-electron chi connectivity index (χ2n) is 8.18. The summed E-state index contributed by atoms with van der Waals surface area (Å²) >= 11 is 0. The molecule has 1 saturated heterocycles. The molecule has 1 aliphatic heterocycles. The fourth-order valence-corrected chi connectivity index (χ4v) is 3.76. The zero-order valence-corrected chi connectivity index (χ0v) is 20.5. The minimum absolute atomic E-state index is 0.172. The van der Waals surface area contributed by atoms with Crippen LogP contribution in [0.1, 0.15) is 32.3 Å².